The fourth-order valence-corrected chi connectivity index (χ4v) is 14.7. The molecule has 4 aromatic carbocycles. The normalized spacial score (nSPS) is 23.3. The van der Waals surface area contributed by atoms with Crippen LogP contribution in [0.5, 0.6) is 0 Å². The molecule has 0 amide bonds. The van der Waals surface area contributed by atoms with Gasteiger partial charge in [-0.3, -0.25) is 8.37 Å². The monoisotopic (exact) mass is 930 g/mol. The molecule has 4 fully saturated rings. The molecule has 4 aromatic rings. The number of fused-ring (bicyclic) bond motifs is 4. The van der Waals surface area contributed by atoms with Gasteiger partial charge in [-0.1, -0.05) is 70.8 Å². The number of nitrogens with zero attached hydrogens (tertiary/aromatic N) is 2. The molecular formula is C44H54N2O12S4. The van der Waals surface area contributed by atoms with Crippen LogP contribution in [0.2, 0.25) is 0 Å². The number of piperidine rings is 2. The van der Waals surface area contributed by atoms with E-state index in [2.05, 4.69) is 0 Å². The van der Waals surface area contributed by atoms with E-state index < -0.39 is 57.2 Å². The molecule has 4 atom stereocenters. The first-order chi connectivity index (χ1) is 29.1. The fraction of sp³-hybridized carbons (Fsp3) is 0.455. The van der Waals surface area contributed by atoms with Gasteiger partial charge in [0.15, 0.2) is 0 Å². The van der Waals surface area contributed by atoms with Gasteiger partial charge in [-0.2, -0.15) is 25.4 Å². The first-order valence-corrected chi connectivity index (χ1v) is 26.2. The molecule has 4 aliphatic rings. The lowest BCUT2D eigenvalue weighted by molar-refractivity contribution is 0.00249. The first-order valence-electron chi connectivity index (χ1n) is 20.5. The molecule has 336 valence electrons. The summed E-state index contributed by atoms with van der Waals surface area (Å²) in [6.45, 7) is 7.12. The summed E-state index contributed by atoms with van der Waals surface area (Å²) in [5, 5.41) is 19.1. The molecule has 2 saturated carbocycles. The Morgan fingerprint density at radius 1 is 0.484 bits per heavy atom. The summed E-state index contributed by atoms with van der Waals surface area (Å²) in [6.07, 6.45) is 1.89. The van der Waals surface area contributed by atoms with Gasteiger partial charge < -0.3 is 10.2 Å². The molecule has 0 spiro atoms. The molecule has 2 aliphatic carbocycles. The van der Waals surface area contributed by atoms with Gasteiger partial charge in [0, 0.05) is 36.0 Å². The van der Waals surface area contributed by atoms with E-state index in [1.807, 2.05) is 27.7 Å². The Hall–Kier alpha value is -3.56. The molecule has 2 saturated heterocycles. The van der Waals surface area contributed by atoms with E-state index in [-0.39, 0.29) is 72.0 Å². The maximum Gasteiger partial charge on any atom is 0.296 e. The molecule has 2 N–H and O–H groups in total. The summed E-state index contributed by atoms with van der Waals surface area (Å²) >= 11 is 0. The predicted molar refractivity (Wildman–Crippen MR) is 231 cm³/mol. The van der Waals surface area contributed by atoms with E-state index in [9.17, 15) is 43.9 Å². The van der Waals surface area contributed by atoms with E-state index in [4.69, 9.17) is 8.37 Å². The second-order valence-electron chi connectivity index (χ2n) is 17.5. The lowest BCUT2D eigenvalue weighted by Gasteiger charge is -2.40. The van der Waals surface area contributed by atoms with Crippen molar-refractivity contribution < 1.29 is 52.3 Å². The summed E-state index contributed by atoms with van der Waals surface area (Å²) in [4.78, 5) is 0.466. The van der Waals surface area contributed by atoms with Gasteiger partial charge in [0.25, 0.3) is 20.2 Å². The molecule has 0 aromatic heterocycles. The Bertz CT molecular complexity index is 2610. The number of aliphatic hydroxyl groups excluding tert-OH is 2. The topological polar surface area (TPSA) is 202 Å². The largest absolute Gasteiger partial charge is 0.396 e. The number of hydrogen-bond donors (Lipinski definition) is 2. The number of sulfonamides is 2. The van der Waals surface area contributed by atoms with Crippen molar-refractivity contribution in [2.75, 3.05) is 39.5 Å². The van der Waals surface area contributed by atoms with Crippen molar-refractivity contribution in [2.24, 2.45) is 22.7 Å². The number of hydrogen-bond acceptors (Lipinski definition) is 12. The van der Waals surface area contributed by atoms with Crippen LogP contribution in [-0.4, -0.2) is 104 Å². The fourth-order valence-electron chi connectivity index (χ4n) is 9.35. The Morgan fingerprint density at radius 3 is 1.05 bits per heavy atom. The Balaban J connectivity index is 0.000000230. The quantitative estimate of drug-likeness (QED) is 0.162. The summed E-state index contributed by atoms with van der Waals surface area (Å²) < 4.78 is 119. The van der Waals surface area contributed by atoms with Crippen LogP contribution in [0.3, 0.4) is 0 Å². The number of rotatable bonds is 14. The second kappa shape index (κ2) is 17.4. The number of aryl methyl sites for hydroxylation is 4. The molecule has 18 heteroatoms. The molecule has 4 bridgehead atoms. The zero-order valence-electron chi connectivity index (χ0n) is 35.1. The van der Waals surface area contributed by atoms with Crippen LogP contribution in [0.25, 0.3) is 0 Å². The van der Waals surface area contributed by atoms with E-state index >= 15 is 0 Å². The molecule has 62 heavy (non-hydrogen) atoms. The van der Waals surface area contributed by atoms with Crippen molar-refractivity contribution in [1.29, 1.82) is 0 Å². The standard InChI is InChI=1S/C29H33NO8S3.C15H21NO4S/c1-21-4-10-26(11-5-21)39(31,32)30-18-24-16-25(30)17-29(24,19-37-40(33,34)27-12-6-22(2)7-13-27)20-38-41(35,36)28-14-8-23(3)9-15-28;1-11-2-4-14(5-3-11)21(19,20)16-8-12-6-13(16)7-15(12,9-17)10-18/h4-15,24-25H,16-20H2,1-3H3;2-5,12-13,17-18H,6-10H2,1H3/t24-,25-;12-,13-/m11/s1. The van der Waals surface area contributed by atoms with Gasteiger partial charge in [-0.15, -0.1) is 0 Å². The van der Waals surface area contributed by atoms with E-state index in [0.717, 1.165) is 28.7 Å². The summed E-state index contributed by atoms with van der Waals surface area (Å²) in [6, 6.07) is 25.4. The number of aliphatic hydroxyl groups is 2. The van der Waals surface area contributed by atoms with Crippen molar-refractivity contribution in [3.63, 3.8) is 0 Å². The van der Waals surface area contributed by atoms with E-state index in [1.54, 1.807) is 77.1 Å². The maximum absolute atomic E-state index is 13.5. The number of benzene rings is 4. The Morgan fingerprint density at radius 2 is 0.774 bits per heavy atom. The van der Waals surface area contributed by atoms with Gasteiger partial charge >= 0.3 is 0 Å². The molecular weight excluding hydrogens is 877 g/mol. The third-order valence-corrected chi connectivity index (χ3v) is 19.7. The van der Waals surface area contributed by atoms with Gasteiger partial charge in [0.1, 0.15) is 0 Å². The second-order valence-corrected chi connectivity index (χ2v) is 24.5. The average molecular weight is 931 g/mol. The molecule has 14 nitrogen and oxygen atoms in total. The first kappa shape index (κ1) is 46.4. The van der Waals surface area contributed by atoms with Crippen molar-refractivity contribution in [2.45, 2.75) is 85.0 Å². The van der Waals surface area contributed by atoms with Crippen molar-refractivity contribution in [3.05, 3.63) is 119 Å². The zero-order valence-corrected chi connectivity index (χ0v) is 38.4. The van der Waals surface area contributed by atoms with Crippen LogP contribution in [0.1, 0.15) is 47.9 Å². The zero-order chi connectivity index (χ0) is 44.9. The smallest absolute Gasteiger partial charge is 0.296 e. The minimum absolute atomic E-state index is 0.0156. The minimum atomic E-state index is -4.16. The van der Waals surface area contributed by atoms with Crippen LogP contribution in [0.4, 0.5) is 0 Å². The highest BCUT2D eigenvalue weighted by atomic mass is 32.2. The third-order valence-electron chi connectivity index (χ3n) is 13.3. The summed E-state index contributed by atoms with van der Waals surface area (Å²) in [5.41, 5.74) is 2.18. The predicted octanol–water partition coefficient (Wildman–Crippen LogP) is 4.94. The lowest BCUT2D eigenvalue weighted by Crippen LogP contribution is -2.48. The van der Waals surface area contributed by atoms with Gasteiger partial charge in [0.05, 0.1) is 46.0 Å². The molecule has 2 aliphatic heterocycles. The van der Waals surface area contributed by atoms with Crippen LogP contribution < -0.4 is 0 Å². The molecule has 8 rings (SSSR count). The van der Waals surface area contributed by atoms with Crippen LogP contribution >= 0.6 is 0 Å². The van der Waals surface area contributed by atoms with E-state index in [0.29, 0.717) is 24.3 Å². The maximum atomic E-state index is 13.5. The summed E-state index contributed by atoms with van der Waals surface area (Å²) in [5.74, 6) is -0.341. The van der Waals surface area contributed by atoms with E-state index in [1.165, 1.54) is 28.6 Å². The van der Waals surface area contributed by atoms with Crippen molar-refractivity contribution >= 4 is 40.3 Å². The van der Waals surface area contributed by atoms with Crippen LogP contribution in [0.15, 0.2) is 117 Å². The Labute approximate surface area is 365 Å². The van der Waals surface area contributed by atoms with Crippen LogP contribution in [-0.2, 0) is 48.6 Å². The summed E-state index contributed by atoms with van der Waals surface area (Å²) in [7, 11) is -15.6. The Kier molecular flexibility index (Phi) is 13.1. The minimum Gasteiger partial charge on any atom is -0.396 e. The van der Waals surface area contributed by atoms with Gasteiger partial charge in [-0.25, -0.2) is 16.8 Å². The lowest BCUT2D eigenvalue weighted by atomic mass is 9.78. The SMILES string of the molecule is Cc1ccc(S(=O)(=O)N2C[C@H]3C[C@@H]2CC3(CO)CO)cc1.Cc1ccc(S(=O)(=O)OCC2(COS(=O)(=O)c3ccc(C)cc3)C[C@H]3C[C@@H]2CN3S(=O)(=O)c2ccc(C)cc2)cc1. The third kappa shape index (κ3) is 9.05. The molecule has 0 unspecified atom stereocenters. The van der Waals surface area contributed by atoms with Gasteiger partial charge in [-0.05, 0) is 114 Å². The average Bonchev–Trinajstić information content (AvgIpc) is 4.04. The van der Waals surface area contributed by atoms with Gasteiger partial charge in [0.2, 0.25) is 20.0 Å². The highest BCUT2D eigenvalue weighted by Crippen LogP contribution is 2.54. The molecule has 0 radical (unpaired) electrons. The highest BCUT2D eigenvalue weighted by molar-refractivity contribution is 7.89. The van der Waals surface area contributed by atoms with Crippen molar-refractivity contribution in [3.8, 4) is 0 Å². The van der Waals surface area contributed by atoms with Crippen LogP contribution in [0, 0.1) is 50.4 Å². The van der Waals surface area contributed by atoms with Crippen molar-refractivity contribution in [1.82, 2.24) is 8.61 Å². The highest BCUT2D eigenvalue weighted by Gasteiger charge is 2.59. The molecule has 2 heterocycles.